The molecule has 0 aliphatic carbocycles. The third-order valence-corrected chi connectivity index (χ3v) is 4.55. The highest BCUT2D eigenvalue weighted by Gasteiger charge is 2.27. The van der Waals surface area contributed by atoms with E-state index in [9.17, 15) is 10.1 Å². The molecule has 2 aromatic rings. The van der Waals surface area contributed by atoms with E-state index in [4.69, 9.17) is 9.47 Å². The molecule has 3 rings (SSSR count). The molecule has 2 heterocycles. The Kier molecular flexibility index (Phi) is 5.27. The van der Waals surface area contributed by atoms with E-state index in [1.807, 2.05) is 0 Å². The van der Waals surface area contributed by atoms with Crippen LogP contribution in [0.4, 0.5) is 5.82 Å². The molecule has 0 N–H and O–H groups in total. The minimum Gasteiger partial charge on any atom is -0.442 e. The minimum absolute atomic E-state index is 0.0206. The summed E-state index contributed by atoms with van der Waals surface area (Å²) in [6.45, 7) is 8.41. The van der Waals surface area contributed by atoms with Crippen molar-refractivity contribution >= 4 is 5.82 Å². The molecule has 7 nitrogen and oxygen atoms in total. The van der Waals surface area contributed by atoms with Crippen molar-refractivity contribution in [3.8, 4) is 6.01 Å². The molecule has 0 amide bonds. The molecular formula is C19H25N3O4. The molecule has 26 heavy (non-hydrogen) atoms. The van der Waals surface area contributed by atoms with Gasteiger partial charge in [0.15, 0.2) is 0 Å². The zero-order valence-electron chi connectivity index (χ0n) is 15.5. The first-order chi connectivity index (χ1) is 12.3. The first-order valence-electron chi connectivity index (χ1n) is 8.88. The second-order valence-electron chi connectivity index (χ2n) is 7.65. The van der Waals surface area contributed by atoms with E-state index in [1.54, 1.807) is 4.57 Å². The summed E-state index contributed by atoms with van der Waals surface area (Å²) in [5.41, 5.74) is 2.61. The Labute approximate surface area is 153 Å². The van der Waals surface area contributed by atoms with Crippen LogP contribution in [0, 0.1) is 10.1 Å². The quantitative estimate of drug-likeness (QED) is 0.445. The number of aryl methyl sites for hydroxylation is 1. The Morgan fingerprint density at radius 3 is 2.73 bits per heavy atom. The molecule has 0 saturated carbocycles. The van der Waals surface area contributed by atoms with Gasteiger partial charge in [-0.25, -0.2) is 0 Å². The fraction of sp³-hybridized carbons (Fsp3) is 0.526. The van der Waals surface area contributed by atoms with Crippen LogP contribution in [-0.2, 0) is 23.3 Å². The summed E-state index contributed by atoms with van der Waals surface area (Å²) in [7, 11) is 0. The number of benzene rings is 1. The van der Waals surface area contributed by atoms with Gasteiger partial charge in [0.1, 0.15) is 12.3 Å². The van der Waals surface area contributed by atoms with Crippen LogP contribution in [0.3, 0.4) is 0 Å². The highest BCUT2D eigenvalue weighted by Crippen LogP contribution is 2.25. The number of imidazole rings is 1. The Bertz CT molecular complexity index is 762. The molecule has 140 valence electrons. The third-order valence-electron chi connectivity index (χ3n) is 4.55. The Morgan fingerprint density at radius 1 is 1.35 bits per heavy atom. The SMILES string of the molecule is CC(C)(C)c1ccc(COCC[C@H]2CCn3cc([N+](=O)[O-])nc3O2)cc1. The van der Waals surface area contributed by atoms with E-state index in [0.29, 0.717) is 25.8 Å². The lowest BCUT2D eigenvalue weighted by Crippen LogP contribution is -2.27. The third kappa shape index (κ3) is 4.40. The maximum atomic E-state index is 10.8. The molecule has 7 heteroatoms. The van der Waals surface area contributed by atoms with E-state index >= 15 is 0 Å². The lowest BCUT2D eigenvalue weighted by molar-refractivity contribution is -0.389. The van der Waals surface area contributed by atoms with Crippen molar-refractivity contribution in [3.05, 3.63) is 51.7 Å². The van der Waals surface area contributed by atoms with Crippen molar-refractivity contribution in [3.63, 3.8) is 0 Å². The van der Waals surface area contributed by atoms with Gasteiger partial charge >= 0.3 is 11.8 Å². The molecule has 1 aromatic heterocycles. The van der Waals surface area contributed by atoms with Crippen molar-refractivity contribution in [2.24, 2.45) is 0 Å². The second-order valence-corrected chi connectivity index (χ2v) is 7.65. The van der Waals surface area contributed by atoms with E-state index in [2.05, 4.69) is 50.0 Å². The van der Waals surface area contributed by atoms with Crippen molar-refractivity contribution in [1.29, 1.82) is 0 Å². The molecule has 0 radical (unpaired) electrons. The maximum Gasteiger partial charge on any atom is 0.414 e. The van der Waals surface area contributed by atoms with E-state index < -0.39 is 4.92 Å². The summed E-state index contributed by atoms with van der Waals surface area (Å²) in [6, 6.07) is 8.83. The Hall–Kier alpha value is -2.41. The molecule has 1 aliphatic rings. The van der Waals surface area contributed by atoms with Gasteiger partial charge in [0.25, 0.3) is 0 Å². The maximum absolute atomic E-state index is 10.8. The fourth-order valence-corrected chi connectivity index (χ4v) is 2.93. The smallest absolute Gasteiger partial charge is 0.414 e. The molecule has 0 fully saturated rings. The number of nitrogens with zero attached hydrogens (tertiary/aromatic N) is 3. The molecule has 0 unspecified atom stereocenters. The summed E-state index contributed by atoms with van der Waals surface area (Å²) in [6.07, 6.45) is 2.93. The van der Waals surface area contributed by atoms with Crippen LogP contribution in [-0.4, -0.2) is 27.2 Å². The van der Waals surface area contributed by atoms with Gasteiger partial charge in [-0.1, -0.05) is 45.0 Å². The average Bonchev–Trinajstić information content (AvgIpc) is 3.02. The van der Waals surface area contributed by atoms with Crippen LogP contribution in [0.2, 0.25) is 0 Å². The number of hydrogen-bond donors (Lipinski definition) is 0. The van der Waals surface area contributed by atoms with Crippen LogP contribution in [0.25, 0.3) is 0 Å². The van der Waals surface area contributed by atoms with Gasteiger partial charge in [0.2, 0.25) is 0 Å². The van der Waals surface area contributed by atoms with Crippen molar-refractivity contribution in [2.75, 3.05) is 6.61 Å². The largest absolute Gasteiger partial charge is 0.442 e. The average molecular weight is 359 g/mol. The molecular weight excluding hydrogens is 334 g/mol. The van der Waals surface area contributed by atoms with Crippen molar-refractivity contribution in [2.45, 2.75) is 58.3 Å². The first kappa shape index (κ1) is 18.4. The van der Waals surface area contributed by atoms with E-state index in [1.165, 1.54) is 11.8 Å². The predicted molar refractivity (Wildman–Crippen MR) is 97.3 cm³/mol. The lowest BCUT2D eigenvalue weighted by Gasteiger charge is -2.22. The number of fused-ring (bicyclic) bond motifs is 1. The molecule has 1 aromatic carbocycles. The molecule has 0 spiro atoms. The normalized spacial score (nSPS) is 16.8. The summed E-state index contributed by atoms with van der Waals surface area (Å²) in [4.78, 5) is 14.2. The topological polar surface area (TPSA) is 79.4 Å². The number of nitro groups is 1. The van der Waals surface area contributed by atoms with E-state index in [-0.39, 0.29) is 17.3 Å². The van der Waals surface area contributed by atoms with E-state index in [0.717, 1.165) is 18.4 Å². The highest BCUT2D eigenvalue weighted by atomic mass is 16.6. The van der Waals surface area contributed by atoms with Crippen molar-refractivity contribution in [1.82, 2.24) is 9.55 Å². The zero-order chi connectivity index (χ0) is 18.7. The van der Waals surface area contributed by atoms with Crippen LogP contribution < -0.4 is 4.74 Å². The van der Waals surface area contributed by atoms with Gasteiger partial charge < -0.3 is 19.6 Å². The molecule has 0 saturated heterocycles. The number of rotatable bonds is 6. The predicted octanol–water partition coefficient (Wildman–Crippen LogP) is 3.85. The lowest BCUT2D eigenvalue weighted by atomic mass is 9.87. The number of hydrogen-bond acceptors (Lipinski definition) is 5. The van der Waals surface area contributed by atoms with Gasteiger partial charge in [0, 0.05) is 24.4 Å². The first-order valence-corrected chi connectivity index (χ1v) is 8.88. The molecule has 0 bridgehead atoms. The van der Waals surface area contributed by atoms with Gasteiger partial charge in [-0.2, -0.15) is 0 Å². The summed E-state index contributed by atoms with van der Waals surface area (Å²) in [5.74, 6) is -0.171. The van der Waals surface area contributed by atoms with Crippen molar-refractivity contribution < 1.29 is 14.4 Å². The monoisotopic (exact) mass is 359 g/mol. The van der Waals surface area contributed by atoms with Gasteiger partial charge in [-0.05, 0) is 21.5 Å². The summed E-state index contributed by atoms with van der Waals surface area (Å²) >= 11 is 0. The Balaban J connectivity index is 1.43. The summed E-state index contributed by atoms with van der Waals surface area (Å²) in [5, 5.41) is 10.8. The summed E-state index contributed by atoms with van der Waals surface area (Å²) < 4.78 is 13.2. The molecule has 1 atom stereocenters. The van der Waals surface area contributed by atoms with Gasteiger partial charge in [-0.15, -0.1) is 0 Å². The fourth-order valence-electron chi connectivity index (χ4n) is 2.93. The van der Waals surface area contributed by atoms with Crippen LogP contribution >= 0.6 is 0 Å². The Morgan fingerprint density at radius 2 is 2.08 bits per heavy atom. The highest BCUT2D eigenvalue weighted by molar-refractivity contribution is 5.27. The minimum atomic E-state index is -0.502. The number of ether oxygens (including phenoxy) is 2. The van der Waals surface area contributed by atoms with Crippen LogP contribution in [0.15, 0.2) is 30.5 Å². The standard InChI is InChI=1S/C19H25N3O4/c1-19(2,3)15-6-4-14(5-7-15)13-25-11-9-16-8-10-21-12-17(22(23)24)20-18(21)26-16/h4-7,12,16H,8-11,13H2,1-3H3/t16-/m1/s1. The molecule has 1 aliphatic heterocycles. The van der Waals surface area contributed by atoms with Crippen LogP contribution in [0.5, 0.6) is 6.01 Å². The van der Waals surface area contributed by atoms with Gasteiger partial charge in [0.05, 0.1) is 13.2 Å². The second kappa shape index (κ2) is 7.45. The van der Waals surface area contributed by atoms with Gasteiger partial charge in [-0.3, -0.25) is 4.57 Å². The van der Waals surface area contributed by atoms with Crippen LogP contribution in [0.1, 0.15) is 44.7 Å². The number of aromatic nitrogens is 2. The zero-order valence-corrected chi connectivity index (χ0v) is 15.5.